The minimum atomic E-state index is 0.219. The monoisotopic (exact) mass is 772 g/mol. The molecule has 0 radical (unpaired) electrons. The number of aliphatic hydroxyl groups excluding tert-OH is 1. The highest BCUT2D eigenvalue weighted by Gasteiger charge is 2.52. The Kier molecular flexibility index (Phi) is 44.0. The van der Waals surface area contributed by atoms with Crippen molar-refractivity contribution in [2.75, 3.05) is 59.0 Å². The number of nitrogens with one attached hydrogen (secondary N) is 2. The number of hydrogen-bond acceptors (Lipinski definition) is 7. The van der Waals surface area contributed by atoms with Gasteiger partial charge in [-0.05, 0) is 164 Å². The summed E-state index contributed by atoms with van der Waals surface area (Å²) in [5, 5.41) is 15.2. The SMILES string of the molecule is CC.CC.CCCCC.CC[C@H](OCCCN)[C@]1(C)C(CCCCNCCCCNCCCN)CCC1C(C)CCC1CCCCC1(C)C.NCCCO. The van der Waals surface area contributed by atoms with Crippen LogP contribution in [0.5, 0.6) is 0 Å². The van der Waals surface area contributed by atoms with Gasteiger partial charge in [0, 0.05) is 13.2 Å². The van der Waals surface area contributed by atoms with Crippen molar-refractivity contribution in [2.45, 2.75) is 211 Å². The molecule has 0 bridgehead atoms. The summed E-state index contributed by atoms with van der Waals surface area (Å²) in [6.07, 6.45) is 26.2. The first kappa shape index (κ1) is 58.0. The lowest BCUT2D eigenvalue weighted by Crippen LogP contribution is -2.44. The molecule has 0 saturated heterocycles. The molecule has 6 atom stereocenters. The molecule has 54 heavy (non-hydrogen) atoms. The van der Waals surface area contributed by atoms with Crippen molar-refractivity contribution in [3.8, 4) is 0 Å². The number of aliphatic hydroxyl groups is 1. The lowest BCUT2D eigenvalue weighted by molar-refractivity contribution is -0.0879. The molecule has 0 amide bonds. The maximum Gasteiger partial charge on any atom is 0.0631 e. The van der Waals surface area contributed by atoms with E-state index in [1.165, 1.54) is 103 Å². The molecule has 0 aromatic rings. The summed E-state index contributed by atoms with van der Waals surface area (Å²) in [6, 6.07) is 0. The van der Waals surface area contributed by atoms with Crippen LogP contribution in [0.2, 0.25) is 0 Å². The molecule has 9 N–H and O–H groups in total. The lowest BCUT2D eigenvalue weighted by Gasteiger charge is -2.46. The minimum absolute atomic E-state index is 0.219. The second-order valence-electron chi connectivity index (χ2n) is 16.7. The quantitative estimate of drug-likeness (QED) is 0.0458. The van der Waals surface area contributed by atoms with Crippen molar-refractivity contribution >= 4 is 0 Å². The molecule has 2 fully saturated rings. The first-order valence-corrected chi connectivity index (χ1v) is 23.9. The van der Waals surface area contributed by atoms with Gasteiger partial charge in [0.1, 0.15) is 0 Å². The first-order chi connectivity index (χ1) is 26.1. The molecule has 0 aromatic heterocycles. The average Bonchev–Trinajstić information content (AvgIpc) is 3.52. The van der Waals surface area contributed by atoms with Crippen LogP contribution in [0, 0.1) is 34.5 Å². The Bertz CT molecular complexity index is 716. The van der Waals surface area contributed by atoms with Crippen molar-refractivity contribution in [1.82, 2.24) is 10.6 Å². The van der Waals surface area contributed by atoms with Crippen molar-refractivity contribution in [2.24, 2.45) is 51.7 Å². The normalized spacial score (nSPS) is 22.6. The zero-order valence-corrected chi connectivity index (χ0v) is 39.0. The Hall–Kier alpha value is -0.280. The molecular formula is C47H105N5O2. The maximum absolute atomic E-state index is 7.99. The van der Waals surface area contributed by atoms with Crippen molar-refractivity contribution in [3.63, 3.8) is 0 Å². The van der Waals surface area contributed by atoms with Gasteiger partial charge in [0.15, 0.2) is 0 Å². The third-order valence-corrected chi connectivity index (χ3v) is 12.4. The summed E-state index contributed by atoms with van der Waals surface area (Å²) in [6.45, 7) is 32.7. The van der Waals surface area contributed by atoms with Gasteiger partial charge in [0.2, 0.25) is 0 Å². The third kappa shape index (κ3) is 26.6. The van der Waals surface area contributed by atoms with E-state index < -0.39 is 0 Å². The summed E-state index contributed by atoms with van der Waals surface area (Å²) in [7, 11) is 0. The molecular weight excluding hydrogens is 667 g/mol. The Morgan fingerprint density at radius 3 is 1.69 bits per heavy atom. The van der Waals surface area contributed by atoms with Gasteiger partial charge in [0.05, 0.1) is 6.10 Å². The van der Waals surface area contributed by atoms with Crippen LogP contribution < -0.4 is 27.8 Å². The summed E-state index contributed by atoms with van der Waals surface area (Å²) >= 11 is 0. The first-order valence-electron chi connectivity index (χ1n) is 23.9. The zero-order chi connectivity index (χ0) is 41.5. The molecule has 0 aliphatic heterocycles. The van der Waals surface area contributed by atoms with E-state index in [0.29, 0.717) is 18.1 Å². The minimum Gasteiger partial charge on any atom is -0.396 e. The van der Waals surface area contributed by atoms with Gasteiger partial charge in [-0.25, -0.2) is 0 Å². The fourth-order valence-electron chi connectivity index (χ4n) is 9.04. The molecule has 7 heteroatoms. The highest BCUT2D eigenvalue weighted by atomic mass is 16.5. The van der Waals surface area contributed by atoms with Gasteiger partial charge < -0.3 is 37.7 Å². The Balaban J connectivity index is -0.00000160. The summed E-state index contributed by atoms with van der Waals surface area (Å²) < 4.78 is 6.67. The van der Waals surface area contributed by atoms with Gasteiger partial charge in [-0.2, -0.15) is 0 Å². The second-order valence-corrected chi connectivity index (χ2v) is 16.7. The van der Waals surface area contributed by atoms with Gasteiger partial charge in [-0.3, -0.25) is 0 Å². The highest BCUT2D eigenvalue weighted by molar-refractivity contribution is 5.01. The van der Waals surface area contributed by atoms with Crippen LogP contribution in [0.1, 0.15) is 205 Å². The number of nitrogens with two attached hydrogens (primary N) is 3. The summed E-state index contributed by atoms with van der Waals surface area (Å²) in [5.74, 6) is 3.26. The Morgan fingerprint density at radius 2 is 1.22 bits per heavy atom. The van der Waals surface area contributed by atoms with Gasteiger partial charge >= 0.3 is 0 Å². The zero-order valence-electron chi connectivity index (χ0n) is 39.0. The van der Waals surface area contributed by atoms with Crippen LogP contribution in [-0.4, -0.2) is 70.2 Å². The molecule has 330 valence electrons. The number of ether oxygens (including phenoxy) is 1. The van der Waals surface area contributed by atoms with Crippen LogP contribution in [0.25, 0.3) is 0 Å². The van der Waals surface area contributed by atoms with E-state index in [2.05, 4.69) is 59.1 Å². The molecule has 0 spiro atoms. The fraction of sp³-hybridized carbons (Fsp3) is 1.00. The van der Waals surface area contributed by atoms with Crippen LogP contribution in [0.15, 0.2) is 0 Å². The molecule has 4 unspecified atom stereocenters. The number of unbranched alkanes of at least 4 members (excludes halogenated alkanes) is 4. The fourth-order valence-corrected chi connectivity index (χ4v) is 9.04. The standard InChI is InChI=1S/C35H72N4O.C5H12.C3H9NO.2C2H6/c1-6-33(40-28-14-23-37)35(5)31(16-8-10-24-38-25-11-12-26-39-27-13-22-36)19-20-32(35)29(2)17-18-30-15-7-9-21-34(30,3)4;1-3-5-4-2;4-2-1-3-5;2*1-2/h29-33,38-39H,6-28,36-37H2,1-5H3;3-5H2,1-2H3;5H,1-4H2;2*1-2H3/t29?,30?,31?,32?,33-,35+;;;;/m0..../s1. The van der Waals surface area contributed by atoms with E-state index in [1.807, 2.05) is 27.7 Å². The van der Waals surface area contributed by atoms with Crippen molar-refractivity contribution in [1.29, 1.82) is 0 Å². The van der Waals surface area contributed by atoms with Crippen molar-refractivity contribution < 1.29 is 9.84 Å². The smallest absolute Gasteiger partial charge is 0.0631 e. The molecule has 0 heterocycles. The van der Waals surface area contributed by atoms with E-state index in [0.717, 1.165) is 95.2 Å². The molecule has 2 saturated carbocycles. The Labute approximate surface area is 341 Å². The van der Waals surface area contributed by atoms with E-state index in [9.17, 15) is 0 Å². The average molecular weight is 772 g/mol. The summed E-state index contributed by atoms with van der Waals surface area (Å²) in [4.78, 5) is 0. The largest absolute Gasteiger partial charge is 0.396 e. The molecule has 7 nitrogen and oxygen atoms in total. The highest BCUT2D eigenvalue weighted by Crippen LogP contribution is 2.57. The Morgan fingerprint density at radius 1 is 0.667 bits per heavy atom. The van der Waals surface area contributed by atoms with E-state index in [1.54, 1.807) is 0 Å². The molecule has 2 aliphatic carbocycles. The van der Waals surface area contributed by atoms with E-state index in [-0.39, 0.29) is 12.0 Å². The van der Waals surface area contributed by atoms with Crippen LogP contribution in [-0.2, 0) is 4.74 Å². The van der Waals surface area contributed by atoms with Crippen LogP contribution >= 0.6 is 0 Å². The van der Waals surface area contributed by atoms with Gasteiger partial charge in [-0.15, -0.1) is 0 Å². The maximum atomic E-state index is 7.99. The molecule has 2 aliphatic rings. The van der Waals surface area contributed by atoms with Gasteiger partial charge in [-0.1, -0.05) is 121 Å². The molecule has 0 aromatic carbocycles. The van der Waals surface area contributed by atoms with Gasteiger partial charge in [0.25, 0.3) is 0 Å². The number of rotatable bonds is 27. The third-order valence-electron chi connectivity index (χ3n) is 12.4. The lowest BCUT2D eigenvalue weighted by atomic mass is 9.62. The topological polar surface area (TPSA) is 132 Å². The predicted molar refractivity (Wildman–Crippen MR) is 243 cm³/mol. The van der Waals surface area contributed by atoms with E-state index in [4.69, 9.17) is 27.0 Å². The predicted octanol–water partition coefficient (Wildman–Crippen LogP) is 10.9. The van der Waals surface area contributed by atoms with E-state index >= 15 is 0 Å². The second kappa shape index (κ2) is 40.9. The summed E-state index contributed by atoms with van der Waals surface area (Å²) in [5.41, 5.74) is 17.2. The van der Waals surface area contributed by atoms with Crippen molar-refractivity contribution in [3.05, 3.63) is 0 Å². The van der Waals surface area contributed by atoms with Crippen LogP contribution in [0.4, 0.5) is 0 Å². The molecule has 2 rings (SSSR count). The van der Waals surface area contributed by atoms with Crippen LogP contribution in [0.3, 0.4) is 0 Å². The number of hydrogen-bond donors (Lipinski definition) is 6.